The minimum Gasteiger partial charge on any atom is -0.392 e. The number of pyridine rings is 1. The van der Waals surface area contributed by atoms with Crippen LogP contribution in [0.3, 0.4) is 0 Å². The molecule has 106 valence electrons. The first-order valence-electron chi connectivity index (χ1n) is 6.59. The normalized spacial score (nSPS) is 24.8. The number of aromatic nitrogens is 1. The third-order valence-electron chi connectivity index (χ3n) is 4.08. The molecule has 0 radical (unpaired) electrons. The topological polar surface area (TPSA) is 63.5 Å². The smallest absolute Gasteiger partial charge is 0.250 e. The highest BCUT2D eigenvalue weighted by Crippen LogP contribution is 2.42. The van der Waals surface area contributed by atoms with Crippen molar-refractivity contribution in [1.29, 1.82) is 0 Å². The molecule has 0 spiro atoms. The van der Waals surface area contributed by atoms with E-state index >= 15 is 0 Å². The molecule has 2 N–H and O–H groups in total. The second-order valence-electron chi connectivity index (χ2n) is 5.71. The Balaban J connectivity index is 2.07. The zero-order valence-corrected chi connectivity index (χ0v) is 11.7. The highest BCUT2D eigenvalue weighted by molar-refractivity contribution is 5.43. The van der Waals surface area contributed by atoms with Gasteiger partial charge in [0.25, 0.3) is 5.56 Å². The Bertz CT molecular complexity index is 496. The number of rotatable bonds is 5. The average molecular weight is 266 g/mol. The monoisotopic (exact) mass is 266 g/mol. The van der Waals surface area contributed by atoms with Gasteiger partial charge in [0.05, 0.1) is 18.4 Å². The minimum atomic E-state index is -0.260. The first-order chi connectivity index (χ1) is 8.95. The van der Waals surface area contributed by atoms with E-state index in [0.717, 1.165) is 12.1 Å². The Kier molecular flexibility index (Phi) is 3.96. The summed E-state index contributed by atoms with van der Waals surface area (Å²) in [5, 5.41) is 13.1. The van der Waals surface area contributed by atoms with Crippen LogP contribution in [0.4, 0.5) is 5.69 Å². The van der Waals surface area contributed by atoms with E-state index in [1.165, 1.54) is 0 Å². The van der Waals surface area contributed by atoms with Crippen LogP contribution in [0, 0.1) is 5.41 Å². The molecule has 1 aliphatic carbocycles. The zero-order valence-electron chi connectivity index (χ0n) is 11.7. The summed E-state index contributed by atoms with van der Waals surface area (Å²) in [7, 11) is 1.62. The number of hydrogen-bond donors (Lipinski definition) is 2. The van der Waals surface area contributed by atoms with Crippen molar-refractivity contribution < 1.29 is 9.84 Å². The van der Waals surface area contributed by atoms with Crippen LogP contribution in [0.1, 0.15) is 20.3 Å². The molecule has 2 unspecified atom stereocenters. The number of nitrogens with one attached hydrogen (secondary N) is 1. The molecule has 0 saturated heterocycles. The van der Waals surface area contributed by atoms with Crippen LogP contribution in [-0.4, -0.2) is 35.5 Å². The molecule has 1 aromatic rings. The van der Waals surface area contributed by atoms with Gasteiger partial charge in [0, 0.05) is 37.4 Å². The zero-order chi connectivity index (χ0) is 14.0. The molecule has 1 heterocycles. The molecule has 5 heteroatoms. The summed E-state index contributed by atoms with van der Waals surface area (Å²) in [5.74, 6) is 0. The fourth-order valence-corrected chi connectivity index (χ4v) is 2.33. The molecule has 19 heavy (non-hydrogen) atoms. The van der Waals surface area contributed by atoms with E-state index in [4.69, 9.17) is 4.74 Å². The van der Waals surface area contributed by atoms with Crippen molar-refractivity contribution >= 4 is 5.69 Å². The van der Waals surface area contributed by atoms with E-state index in [9.17, 15) is 9.90 Å². The van der Waals surface area contributed by atoms with Crippen LogP contribution in [0.2, 0.25) is 0 Å². The first-order valence-corrected chi connectivity index (χ1v) is 6.59. The van der Waals surface area contributed by atoms with Crippen molar-refractivity contribution in [2.75, 3.05) is 19.0 Å². The van der Waals surface area contributed by atoms with Gasteiger partial charge in [-0.25, -0.2) is 0 Å². The molecule has 0 aliphatic heterocycles. The van der Waals surface area contributed by atoms with Gasteiger partial charge in [-0.05, 0) is 12.5 Å². The molecule has 0 aromatic carbocycles. The molecule has 0 bridgehead atoms. The first kappa shape index (κ1) is 14.1. The van der Waals surface area contributed by atoms with E-state index in [1.54, 1.807) is 23.8 Å². The van der Waals surface area contributed by atoms with Crippen molar-refractivity contribution in [2.24, 2.45) is 5.41 Å². The van der Waals surface area contributed by atoms with Gasteiger partial charge in [-0.15, -0.1) is 0 Å². The highest BCUT2D eigenvalue weighted by Gasteiger charge is 2.47. The SMILES string of the molecule is COCCn1cc(NC2CC(O)C2(C)C)ccc1=O. The third-order valence-corrected chi connectivity index (χ3v) is 4.08. The van der Waals surface area contributed by atoms with Gasteiger partial charge in [0.1, 0.15) is 0 Å². The maximum atomic E-state index is 11.7. The maximum absolute atomic E-state index is 11.7. The lowest BCUT2D eigenvalue weighted by atomic mass is 9.64. The summed E-state index contributed by atoms with van der Waals surface area (Å²) in [6.07, 6.45) is 2.29. The third kappa shape index (κ3) is 2.82. The quantitative estimate of drug-likeness (QED) is 0.836. The molecule has 2 rings (SSSR count). The molecule has 1 fully saturated rings. The summed E-state index contributed by atoms with van der Waals surface area (Å²) in [4.78, 5) is 11.7. The average Bonchev–Trinajstić information content (AvgIpc) is 2.39. The van der Waals surface area contributed by atoms with Crippen molar-refractivity contribution in [3.63, 3.8) is 0 Å². The van der Waals surface area contributed by atoms with Gasteiger partial charge in [-0.3, -0.25) is 4.79 Å². The summed E-state index contributed by atoms with van der Waals surface area (Å²) < 4.78 is 6.62. The Labute approximate surface area is 113 Å². The Morgan fingerprint density at radius 2 is 2.26 bits per heavy atom. The van der Waals surface area contributed by atoms with E-state index in [2.05, 4.69) is 5.32 Å². The molecule has 1 aliphatic rings. The predicted molar refractivity (Wildman–Crippen MR) is 74.4 cm³/mol. The highest BCUT2D eigenvalue weighted by atomic mass is 16.5. The number of aliphatic hydroxyl groups is 1. The molecule has 2 atom stereocenters. The van der Waals surface area contributed by atoms with Crippen molar-refractivity contribution in [3.8, 4) is 0 Å². The number of aliphatic hydroxyl groups excluding tert-OH is 1. The van der Waals surface area contributed by atoms with Crippen LogP contribution in [0.15, 0.2) is 23.1 Å². The predicted octanol–water partition coefficient (Wildman–Crippen LogP) is 1.07. The van der Waals surface area contributed by atoms with Gasteiger partial charge in [0.2, 0.25) is 0 Å². The Morgan fingerprint density at radius 3 is 2.84 bits per heavy atom. The van der Waals surface area contributed by atoms with Crippen LogP contribution in [0.25, 0.3) is 0 Å². The van der Waals surface area contributed by atoms with Gasteiger partial charge in [0.15, 0.2) is 0 Å². The molecule has 1 aromatic heterocycles. The Hall–Kier alpha value is -1.33. The molecule has 0 amide bonds. The van der Waals surface area contributed by atoms with Crippen LogP contribution in [0.5, 0.6) is 0 Å². The Morgan fingerprint density at radius 1 is 1.53 bits per heavy atom. The van der Waals surface area contributed by atoms with Crippen LogP contribution in [-0.2, 0) is 11.3 Å². The molecular weight excluding hydrogens is 244 g/mol. The number of methoxy groups -OCH3 is 1. The standard InChI is InChI=1S/C14H22N2O3/c1-14(2)11(8-12(14)17)15-10-4-5-13(18)16(9-10)6-7-19-3/h4-5,9,11-12,15,17H,6-8H2,1-3H3. The van der Waals surface area contributed by atoms with E-state index in [-0.39, 0.29) is 23.1 Å². The van der Waals surface area contributed by atoms with Crippen molar-refractivity contribution in [2.45, 2.75) is 39.0 Å². The summed E-state index contributed by atoms with van der Waals surface area (Å²) in [6, 6.07) is 3.57. The van der Waals surface area contributed by atoms with Gasteiger partial charge in [-0.2, -0.15) is 0 Å². The second-order valence-corrected chi connectivity index (χ2v) is 5.71. The molecule has 5 nitrogen and oxygen atoms in total. The molecular formula is C14H22N2O3. The minimum absolute atomic E-state index is 0.0319. The van der Waals surface area contributed by atoms with E-state index in [1.807, 2.05) is 20.0 Å². The number of ether oxygens (including phenoxy) is 1. The lowest BCUT2D eigenvalue weighted by Crippen LogP contribution is -2.56. The van der Waals surface area contributed by atoms with Gasteiger partial charge in [-0.1, -0.05) is 13.8 Å². The van der Waals surface area contributed by atoms with Crippen molar-refractivity contribution in [1.82, 2.24) is 4.57 Å². The molecule has 1 saturated carbocycles. The second kappa shape index (κ2) is 5.35. The van der Waals surface area contributed by atoms with E-state index in [0.29, 0.717) is 13.2 Å². The summed E-state index contributed by atoms with van der Waals surface area (Å²) >= 11 is 0. The lowest BCUT2D eigenvalue weighted by molar-refractivity contribution is -0.0510. The van der Waals surface area contributed by atoms with Crippen molar-refractivity contribution in [3.05, 3.63) is 28.7 Å². The van der Waals surface area contributed by atoms with E-state index < -0.39 is 0 Å². The fraction of sp³-hybridized carbons (Fsp3) is 0.643. The largest absolute Gasteiger partial charge is 0.392 e. The van der Waals surface area contributed by atoms with Crippen LogP contribution >= 0.6 is 0 Å². The lowest BCUT2D eigenvalue weighted by Gasteiger charge is -2.49. The van der Waals surface area contributed by atoms with Gasteiger partial charge >= 0.3 is 0 Å². The number of anilines is 1. The number of hydrogen-bond acceptors (Lipinski definition) is 4. The fourth-order valence-electron chi connectivity index (χ4n) is 2.33. The van der Waals surface area contributed by atoms with Crippen LogP contribution < -0.4 is 10.9 Å². The maximum Gasteiger partial charge on any atom is 0.250 e. The number of nitrogens with zero attached hydrogens (tertiary/aromatic N) is 1. The van der Waals surface area contributed by atoms with Gasteiger partial charge < -0.3 is 19.7 Å². The summed E-state index contributed by atoms with van der Waals surface area (Å²) in [6.45, 7) is 5.14. The summed E-state index contributed by atoms with van der Waals surface area (Å²) in [5.41, 5.74) is 0.740.